The number of anilines is 1. The van der Waals surface area contributed by atoms with Crippen LogP contribution in [0.5, 0.6) is 0 Å². The molecule has 0 unspecified atom stereocenters. The lowest BCUT2D eigenvalue weighted by atomic mass is 9.85. The number of hydrogen-bond donors (Lipinski definition) is 1. The van der Waals surface area contributed by atoms with Crippen molar-refractivity contribution in [2.75, 3.05) is 11.9 Å². The molecule has 1 N–H and O–H groups in total. The fraction of sp³-hybridized carbons (Fsp3) is 0.562. The smallest absolute Gasteiger partial charge is 0.334 e. The van der Waals surface area contributed by atoms with Gasteiger partial charge in [-0.05, 0) is 25.7 Å². The Balaban J connectivity index is 1.69. The van der Waals surface area contributed by atoms with E-state index in [1.807, 2.05) is 6.92 Å². The van der Waals surface area contributed by atoms with E-state index in [1.165, 1.54) is 6.07 Å². The molecule has 1 aromatic rings. The number of rotatable bonds is 4. The number of carbonyl (C=O) groups excluding carboxylic acids is 4. The average Bonchev–Trinajstić information content (AvgIpc) is 3.06. The van der Waals surface area contributed by atoms with Crippen LogP contribution in [0, 0.1) is 12.8 Å². The predicted molar refractivity (Wildman–Crippen MR) is 85.2 cm³/mol. The fourth-order valence-corrected chi connectivity index (χ4v) is 3.39. The minimum Gasteiger partial charge on any atom is -0.360 e. The van der Waals surface area contributed by atoms with Gasteiger partial charge in [0.1, 0.15) is 12.3 Å². The van der Waals surface area contributed by atoms with E-state index in [1.54, 1.807) is 6.92 Å². The van der Waals surface area contributed by atoms with Gasteiger partial charge in [0.05, 0.1) is 0 Å². The topological polar surface area (TPSA) is 113 Å². The maximum Gasteiger partial charge on any atom is 0.334 e. The summed E-state index contributed by atoms with van der Waals surface area (Å²) in [5, 5.41) is 6.04. The minimum atomic E-state index is -0.964. The van der Waals surface area contributed by atoms with E-state index in [9.17, 15) is 19.2 Å². The van der Waals surface area contributed by atoms with Gasteiger partial charge in [0, 0.05) is 12.1 Å². The van der Waals surface area contributed by atoms with Crippen LogP contribution in [-0.4, -0.2) is 51.3 Å². The number of imide groups is 2. The highest BCUT2D eigenvalue weighted by atomic mass is 16.5. The quantitative estimate of drug-likeness (QED) is 0.648. The van der Waals surface area contributed by atoms with Crippen molar-refractivity contribution in [3.63, 3.8) is 0 Å². The van der Waals surface area contributed by atoms with E-state index in [4.69, 9.17) is 4.52 Å². The van der Waals surface area contributed by atoms with Crippen LogP contribution < -0.4 is 5.32 Å². The Bertz CT molecular complexity index is 728. The van der Waals surface area contributed by atoms with Crippen molar-refractivity contribution in [2.24, 2.45) is 5.92 Å². The number of hydrogen-bond acceptors (Lipinski definition) is 6. The van der Waals surface area contributed by atoms with Gasteiger partial charge in [-0.3, -0.25) is 19.3 Å². The van der Waals surface area contributed by atoms with Crippen molar-refractivity contribution in [3.8, 4) is 0 Å². The number of aryl methyl sites for hydroxylation is 1. The molecule has 0 bridgehead atoms. The van der Waals surface area contributed by atoms with Crippen LogP contribution >= 0.6 is 0 Å². The van der Waals surface area contributed by atoms with Crippen LogP contribution in [0.15, 0.2) is 10.6 Å². The maximum atomic E-state index is 12.6. The Labute approximate surface area is 144 Å². The molecule has 9 nitrogen and oxygen atoms in total. The summed E-state index contributed by atoms with van der Waals surface area (Å²) < 4.78 is 4.83. The molecule has 0 spiro atoms. The second kappa shape index (κ2) is 6.66. The molecule has 1 saturated carbocycles. The summed E-state index contributed by atoms with van der Waals surface area (Å²) >= 11 is 0. The monoisotopic (exact) mass is 348 g/mol. The van der Waals surface area contributed by atoms with Gasteiger partial charge in [-0.1, -0.05) is 24.9 Å². The largest absolute Gasteiger partial charge is 0.360 e. The molecule has 1 saturated heterocycles. The first kappa shape index (κ1) is 17.1. The molecular weight excluding hydrogens is 328 g/mol. The van der Waals surface area contributed by atoms with Crippen molar-refractivity contribution in [3.05, 3.63) is 11.8 Å². The fourth-order valence-electron chi connectivity index (χ4n) is 3.39. The Hall–Kier alpha value is -2.71. The summed E-state index contributed by atoms with van der Waals surface area (Å²) in [5.74, 6) is -1.60. The summed E-state index contributed by atoms with van der Waals surface area (Å²) in [6, 6.07) is 0.497. The first-order valence-corrected chi connectivity index (χ1v) is 8.30. The first-order chi connectivity index (χ1) is 11.9. The molecule has 2 fully saturated rings. The van der Waals surface area contributed by atoms with Crippen LogP contribution in [0.1, 0.15) is 38.4 Å². The van der Waals surface area contributed by atoms with E-state index in [0.29, 0.717) is 17.1 Å². The second-order valence-corrected chi connectivity index (χ2v) is 6.55. The molecule has 1 aliphatic heterocycles. The number of nitrogens with zero attached hydrogens (tertiary/aromatic N) is 3. The van der Waals surface area contributed by atoms with Crippen molar-refractivity contribution in [1.29, 1.82) is 0 Å². The van der Waals surface area contributed by atoms with E-state index in [0.717, 1.165) is 24.2 Å². The number of urea groups is 1. The lowest BCUT2D eigenvalue weighted by molar-refractivity contribution is -0.145. The lowest BCUT2D eigenvalue weighted by Crippen LogP contribution is -2.46. The van der Waals surface area contributed by atoms with E-state index in [-0.39, 0.29) is 17.8 Å². The van der Waals surface area contributed by atoms with Gasteiger partial charge >= 0.3 is 17.8 Å². The van der Waals surface area contributed by atoms with Crippen molar-refractivity contribution in [2.45, 2.75) is 45.6 Å². The minimum absolute atomic E-state index is 0.140. The summed E-state index contributed by atoms with van der Waals surface area (Å²) in [6.45, 7) is 3.10. The molecule has 134 valence electrons. The van der Waals surface area contributed by atoms with Gasteiger partial charge in [0.2, 0.25) is 5.91 Å². The highest BCUT2D eigenvalue weighted by Gasteiger charge is 2.49. The summed E-state index contributed by atoms with van der Waals surface area (Å²) in [5.41, 5.74) is 0. The molecule has 0 aromatic carbocycles. The van der Waals surface area contributed by atoms with Gasteiger partial charge in [-0.25, -0.2) is 9.69 Å². The number of nitrogens with one attached hydrogen (secondary N) is 1. The molecule has 0 radical (unpaired) electrons. The average molecular weight is 348 g/mol. The molecule has 3 rings (SSSR count). The lowest BCUT2D eigenvalue weighted by Gasteiger charge is -2.34. The van der Waals surface area contributed by atoms with Crippen molar-refractivity contribution >= 4 is 29.6 Å². The SMILES string of the molecule is Cc1cc(NC(=O)CN2C(=O)C(=O)N([C@@H]3CCCC[C@@H]3C)C2=O)no1. The molecule has 1 aromatic heterocycles. The number of amides is 5. The zero-order valence-corrected chi connectivity index (χ0v) is 14.2. The Morgan fingerprint density at radius 2 is 2.00 bits per heavy atom. The molecule has 9 heteroatoms. The van der Waals surface area contributed by atoms with Crippen LogP contribution in [-0.2, 0) is 14.4 Å². The predicted octanol–water partition coefficient (Wildman–Crippen LogP) is 1.29. The van der Waals surface area contributed by atoms with Gasteiger partial charge in [0.25, 0.3) is 0 Å². The maximum absolute atomic E-state index is 12.6. The van der Waals surface area contributed by atoms with Crippen LogP contribution in [0.4, 0.5) is 10.6 Å². The summed E-state index contributed by atoms with van der Waals surface area (Å²) in [6.07, 6.45) is 3.55. The Kier molecular flexibility index (Phi) is 4.56. The van der Waals surface area contributed by atoms with Crippen LogP contribution in [0.2, 0.25) is 0 Å². The van der Waals surface area contributed by atoms with Gasteiger partial charge in [-0.15, -0.1) is 0 Å². The van der Waals surface area contributed by atoms with E-state index < -0.39 is 30.3 Å². The Morgan fingerprint density at radius 3 is 2.64 bits per heavy atom. The van der Waals surface area contributed by atoms with E-state index >= 15 is 0 Å². The second-order valence-electron chi connectivity index (χ2n) is 6.55. The summed E-state index contributed by atoms with van der Waals surface area (Å²) in [4.78, 5) is 50.8. The van der Waals surface area contributed by atoms with Crippen LogP contribution in [0.25, 0.3) is 0 Å². The molecule has 25 heavy (non-hydrogen) atoms. The molecule has 2 heterocycles. The number of carbonyl (C=O) groups is 4. The molecule has 2 aliphatic rings. The van der Waals surface area contributed by atoms with E-state index in [2.05, 4.69) is 10.5 Å². The van der Waals surface area contributed by atoms with Crippen molar-refractivity contribution in [1.82, 2.24) is 15.0 Å². The Morgan fingerprint density at radius 1 is 1.28 bits per heavy atom. The third-order valence-corrected chi connectivity index (χ3v) is 4.68. The van der Waals surface area contributed by atoms with Gasteiger partial charge < -0.3 is 9.84 Å². The zero-order chi connectivity index (χ0) is 18.1. The highest BCUT2D eigenvalue weighted by molar-refractivity contribution is 6.45. The molecule has 1 aliphatic carbocycles. The van der Waals surface area contributed by atoms with Crippen molar-refractivity contribution < 1.29 is 23.7 Å². The normalized spacial score (nSPS) is 24.2. The molecular formula is C16H20N4O5. The molecule has 2 atom stereocenters. The third kappa shape index (κ3) is 3.26. The molecule has 5 amide bonds. The van der Waals surface area contributed by atoms with Gasteiger partial charge in [-0.2, -0.15) is 0 Å². The van der Waals surface area contributed by atoms with Crippen LogP contribution in [0.3, 0.4) is 0 Å². The summed E-state index contributed by atoms with van der Waals surface area (Å²) in [7, 11) is 0. The highest BCUT2D eigenvalue weighted by Crippen LogP contribution is 2.31. The number of aromatic nitrogens is 1. The van der Waals surface area contributed by atoms with Gasteiger partial charge in [0.15, 0.2) is 5.82 Å². The first-order valence-electron chi connectivity index (χ1n) is 8.30. The zero-order valence-electron chi connectivity index (χ0n) is 14.2. The third-order valence-electron chi connectivity index (χ3n) is 4.68. The standard InChI is InChI=1S/C16H20N4O5/c1-9-5-3-4-6-11(9)20-15(23)14(22)19(16(20)24)8-13(21)17-12-7-10(2)25-18-12/h7,9,11H,3-6,8H2,1-2H3,(H,17,18,21)/t9-,11+/m0/s1.